The summed E-state index contributed by atoms with van der Waals surface area (Å²) in [5, 5.41) is 20.7. The lowest BCUT2D eigenvalue weighted by Gasteiger charge is -2.20. The molecule has 0 aliphatic rings. The van der Waals surface area contributed by atoms with Crippen LogP contribution in [0.3, 0.4) is 0 Å². The number of esters is 2. The maximum Gasteiger partial charge on any atom is 0.472 e. The maximum absolute atomic E-state index is 12.7. The van der Waals surface area contributed by atoms with Crippen molar-refractivity contribution in [2.24, 2.45) is 5.73 Å². The van der Waals surface area contributed by atoms with Gasteiger partial charge < -0.3 is 34.7 Å². The molecule has 0 spiro atoms. The number of nitrogens with two attached hydrogens (primary N) is 1. The number of aliphatic hydroxyl groups is 2. The Balaban J connectivity index is 2.35. The minimum absolute atomic E-state index is 0.00673. The Labute approximate surface area is 362 Å². The highest BCUT2D eigenvalue weighted by atomic mass is 31.2. The van der Waals surface area contributed by atoms with E-state index in [-0.39, 0.29) is 45.4 Å². The molecule has 3 unspecified atom stereocenters. The number of furan rings is 1. The Morgan fingerprint density at radius 2 is 1.23 bits per heavy atom. The first kappa shape index (κ1) is 55.4. The third kappa shape index (κ3) is 28.9. The summed E-state index contributed by atoms with van der Waals surface area (Å²) in [6.07, 6.45) is 30.3. The Hall–Kier alpha value is -2.57. The van der Waals surface area contributed by atoms with Crippen LogP contribution in [0, 0.1) is 13.8 Å². The quantitative estimate of drug-likeness (QED) is 0.0212. The second-order valence-electron chi connectivity index (χ2n) is 15.8. The van der Waals surface area contributed by atoms with Crippen molar-refractivity contribution in [3.63, 3.8) is 0 Å². The van der Waals surface area contributed by atoms with Crippen molar-refractivity contribution in [2.45, 2.75) is 200 Å². The molecular weight excluding hydrogens is 785 g/mol. The van der Waals surface area contributed by atoms with Gasteiger partial charge in [-0.1, -0.05) is 115 Å². The molecule has 1 aromatic rings. The molecule has 0 aliphatic carbocycles. The SMILES string of the molecule is CCCCC/C=C\C/C=C\C/C=C\CC(O)C(O)CCCC(=O)OC[C@H](COP(=O)(O)OCCN)OC(=O)CCCCCCCCCCc1oc(CCCCC)c(C)c1C. The Kier molecular flexibility index (Phi) is 33.2. The average molecular weight is 868 g/mol. The van der Waals surface area contributed by atoms with Crippen LogP contribution in [0.4, 0.5) is 0 Å². The van der Waals surface area contributed by atoms with E-state index in [9.17, 15) is 29.3 Å². The van der Waals surface area contributed by atoms with Crippen LogP contribution < -0.4 is 5.73 Å². The molecule has 13 heteroatoms. The van der Waals surface area contributed by atoms with Gasteiger partial charge in [-0.15, -0.1) is 0 Å². The third-order valence-corrected chi connectivity index (χ3v) is 11.4. The van der Waals surface area contributed by atoms with E-state index in [4.69, 9.17) is 28.7 Å². The van der Waals surface area contributed by atoms with Gasteiger partial charge in [-0.3, -0.25) is 18.6 Å². The van der Waals surface area contributed by atoms with E-state index in [1.165, 1.54) is 49.7 Å². The van der Waals surface area contributed by atoms with Crippen molar-refractivity contribution in [1.29, 1.82) is 0 Å². The number of ether oxygens (including phenoxy) is 2. The lowest BCUT2D eigenvalue weighted by atomic mass is 10.0. The number of aliphatic hydroxyl groups excluding tert-OH is 2. The number of allylic oxidation sites excluding steroid dienone is 5. The zero-order valence-electron chi connectivity index (χ0n) is 37.6. The number of phosphoric acid groups is 1. The van der Waals surface area contributed by atoms with Gasteiger partial charge in [-0.25, -0.2) is 4.57 Å². The fourth-order valence-corrected chi connectivity index (χ4v) is 7.33. The van der Waals surface area contributed by atoms with E-state index < -0.39 is 44.7 Å². The predicted molar refractivity (Wildman–Crippen MR) is 240 cm³/mol. The van der Waals surface area contributed by atoms with E-state index in [0.717, 1.165) is 88.6 Å². The summed E-state index contributed by atoms with van der Waals surface area (Å²) in [5.74, 6) is 1.16. The summed E-state index contributed by atoms with van der Waals surface area (Å²) in [4.78, 5) is 35.1. The van der Waals surface area contributed by atoms with Gasteiger partial charge in [0.15, 0.2) is 6.10 Å². The first-order valence-corrected chi connectivity index (χ1v) is 24.5. The van der Waals surface area contributed by atoms with Crippen LogP contribution in [0.5, 0.6) is 0 Å². The predicted octanol–water partition coefficient (Wildman–Crippen LogP) is 10.5. The Morgan fingerprint density at radius 3 is 1.87 bits per heavy atom. The lowest BCUT2D eigenvalue weighted by molar-refractivity contribution is -0.161. The molecule has 346 valence electrons. The second kappa shape index (κ2) is 36.0. The fraction of sp³-hybridized carbons (Fsp3) is 0.745. The molecule has 1 aromatic heterocycles. The highest BCUT2D eigenvalue weighted by Gasteiger charge is 2.26. The minimum Gasteiger partial charge on any atom is -0.466 e. The summed E-state index contributed by atoms with van der Waals surface area (Å²) in [7, 11) is -4.46. The van der Waals surface area contributed by atoms with E-state index in [1.54, 1.807) is 0 Å². The van der Waals surface area contributed by atoms with Crippen molar-refractivity contribution in [1.82, 2.24) is 0 Å². The minimum atomic E-state index is -4.46. The van der Waals surface area contributed by atoms with Crippen molar-refractivity contribution >= 4 is 19.8 Å². The molecule has 4 atom stereocenters. The second-order valence-corrected chi connectivity index (χ2v) is 17.3. The van der Waals surface area contributed by atoms with Gasteiger partial charge in [0, 0.05) is 32.2 Å². The van der Waals surface area contributed by atoms with E-state index in [1.807, 2.05) is 12.2 Å². The van der Waals surface area contributed by atoms with Gasteiger partial charge in [0.2, 0.25) is 0 Å². The summed E-state index contributed by atoms with van der Waals surface area (Å²) >= 11 is 0. The molecule has 0 aromatic carbocycles. The summed E-state index contributed by atoms with van der Waals surface area (Å²) < 4.78 is 38.9. The molecule has 0 saturated carbocycles. The van der Waals surface area contributed by atoms with Gasteiger partial charge in [-0.2, -0.15) is 0 Å². The number of rotatable bonds is 39. The highest BCUT2D eigenvalue weighted by molar-refractivity contribution is 7.47. The van der Waals surface area contributed by atoms with Crippen molar-refractivity contribution in [3.05, 3.63) is 59.1 Å². The molecule has 0 bridgehead atoms. The van der Waals surface area contributed by atoms with Crippen LogP contribution in [0.1, 0.15) is 178 Å². The summed E-state index contributed by atoms with van der Waals surface area (Å²) in [6, 6.07) is 0. The molecule has 0 amide bonds. The lowest BCUT2D eigenvalue weighted by Crippen LogP contribution is -2.30. The molecular formula is C47H82NO11P. The number of carbonyl (C=O) groups excluding carboxylic acids is 2. The smallest absolute Gasteiger partial charge is 0.466 e. The van der Waals surface area contributed by atoms with Gasteiger partial charge in [0.1, 0.15) is 18.1 Å². The van der Waals surface area contributed by atoms with E-state index >= 15 is 0 Å². The zero-order chi connectivity index (χ0) is 44.3. The average Bonchev–Trinajstić information content (AvgIpc) is 3.49. The third-order valence-electron chi connectivity index (χ3n) is 10.4. The highest BCUT2D eigenvalue weighted by Crippen LogP contribution is 2.43. The van der Waals surface area contributed by atoms with Gasteiger partial charge in [0.05, 0.1) is 25.4 Å². The monoisotopic (exact) mass is 868 g/mol. The normalized spacial score (nSPS) is 14.6. The zero-order valence-corrected chi connectivity index (χ0v) is 38.5. The van der Waals surface area contributed by atoms with Crippen LogP contribution in [-0.2, 0) is 45.5 Å². The molecule has 1 rings (SSSR count). The first-order chi connectivity index (χ1) is 28.9. The van der Waals surface area contributed by atoms with E-state index in [2.05, 4.69) is 52.0 Å². The van der Waals surface area contributed by atoms with Crippen molar-refractivity contribution < 1.29 is 52.2 Å². The summed E-state index contributed by atoms with van der Waals surface area (Å²) in [5.41, 5.74) is 7.96. The number of hydrogen-bond acceptors (Lipinski definition) is 11. The molecule has 0 saturated heterocycles. The van der Waals surface area contributed by atoms with Gasteiger partial charge >= 0.3 is 19.8 Å². The molecule has 5 N–H and O–H groups in total. The number of phosphoric ester groups is 1. The van der Waals surface area contributed by atoms with Crippen LogP contribution in [0.25, 0.3) is 0 Å². The Morgan fingerprint density at radius 1 is 0.683 bits per heavy atom. The topological polar surface area (TPSA) is 188 Å². The molecule has 0 radical (unpaired) electrons. The van der Waals surface area contributed by atoms with Gasteiger partial charge in [0.25, 0.3) is 0 Å². The number of carbonyl (C=O) groups is 2. The number of unbranched alkanes of at least 4 members (excludes halogenated alkanes) is 12. The molecule has 12 nitrogen and oxygen atoms in total. The Bertz CT molecular complexity index is 1390. The largest absolute Gasteiger partial charge is 0.472 e. The first-order valence-electron chi connectivity index (χ1n) is 23.0. The number of hydrogen-bond donors (Lipinski definition) is 4. The van der Waals surface area contributed by atoms with Crippen molar-refractivity contribution in [3.8, 4) is 0 Å². The molecule has 1 heterocycles. The molecule has 0 fully saturated rings. The fourth-order valence-electron chi connectivity index (χ4n) is 6.56. The van der Waals surface area contributed by atoms with Crippen LogP contribution in [0.2, 0.25) is 0 Å². The van der Waals surface area contributed by atoms with Crippen LogP contribution in [-0.4, -0.2) is 71.7 Å². The number of aryl methyl sites for hydroxylation is 2. The maximum atomic E-state index is 12.7. The van der Waals surface area contributed by atoms with Crippen LogP contribution in [0.15, 0.2) is 40.9 Å². The summed E-state index contributed by atoms with van der Waals surface area (Å²) in [6.45, 7) is 7.64. The van der Waals surface area contributed by atoms with Crippen molar-refractivity contribution in [2.75, 3.05) is 26.4 Å². The standard InChI is InChI=1S/C47H82NO11P/c1-5-7-9-10-11-12-13-14-15-18-21-25-29-42(49)43(50)30-28-34-46(51)55-37-41(38-57-60(53,54)56-36-35-48)58-47(52)33-27-23-20-17-16-19-22-26-32-45-40(4)39(3)44(59-45)31-24-8-6-2/h11-12,14-15,21,25,41-43,49-50H,5-10,13,16-20,22-24,26-38,48H2,1-4H3,(H,53,54)/b12-11-,15-14-,25-21-/t41-,42?,43?/m1/s1. The molecule has 60 heavy (non-hydrogen) atoms. The molecule has 0 aliphatic heterocycles. The van der Waals surface area contributed by atoms with E-state index in [0.29, 0.717) is 12.8 Å². The van der Waals surface area contributed by atoms with Gasteiger partial charge in [-0.05, 0) is 89.2 Å². The van der Waals surface area contributed by atoms with Crippen LogP contribution >= 0.6 is 7.82 Å².